The van der Waals surface area contributed by atoms with E-state index in [2.05, 4.69) is 4.98 Å². The first kappa shape index (κ1) is 8.95. The van der Waals surface area contributed by atoms with Crippen LogP contribution in [-0.2, 0) is 6.42 Å². The number of nitrogens with zero attached hydrogens (tertiary/aromatic N) is 1. The molecule has 1 heterocycles. The Hall–Kier alpha value is -0.630. The van der Waals surface area contributed by atoms with Gasteiger partial charge >= 0.3 is 0 Å². The maximum atomic E-state index is 13.3. The molecule has 1 saturated carbocycles. The lowest BCUT2D eigenvalue weighted by atomic mass is 10.1. The van der Waals surface area contributed by atoms with Crippen LogP contribution in [-0.4, -0.2) is 4.98 Å². The summed E-state index contributed by atoms with van der Waals surface area (Å²) in [6.45, 7) is 0. The molecule has 0 amide bonds. The molecule has 0 radical (unpaired) electrons. The van der Waals surface area contributed by atoms with Crippen LogP contribution >= 0.6 is 11.6 Å². The van der Waals surface area contributed by atoms with E-state index in [0.29, 0.717) is 5.56 Å². The second-order valence-corrected chi connectivity index (χ2v) is 3.91. The summed E-state index contributed by atoms with van der Waals surface area (Å²) < 4.78 is 13.3. The molecule has 0 aromatic carbocycles. The second-order valence-electron chi connectivity index (χ2n) is 3.56. The van der Waals surface area contributed by atoms with Gasteiger partial charge in [0.2, 0.25) is 0 Å². The average molecular weight is 200 g/mol. The van der Waals surface area contributed by atoms with Gasteiger partial charge in [-0.2, -0.15) is 0 Å². The van der Waals surface area contributed by atoms with Gasteiger partial charge in [-0.25, -0.2) is 9.37 Å². The van der Waals surface area contributed by atoms with Crippen LogP contribution in [0.4, 0.5) is 4.39 Å². The SMILES string of the molecule is Fc1c(CCC2CC2)ccnc1Cl. The molecule has 3 heteroatoms. The lowest BCUT2D eigenvalue weighted by Gasteiger charge is -2.02. The molecule has 1 aliphatic rings. The topological polar surface area (TPSA) is 12.9 Å². The molecule has 13 heavy (non-hydrogen) atoms. The van der Waals surface area contributed by atoms with E-state index >= 15 is 0 Å². The number of aromatic nitrogens is 1. The van der Waals surface area contributed by atoms with Gasteiger partial charge in [-0.3, -0.25) is 0 Å². The normalized spacial score (nSPS) is 16.2. The Bertz CT molecular complexity index is 310. The molecule has 0 spiro atoms. The van der Waals surface area contributed by atoms with E-state index in [4.69, 9.17) is 11.6 Å². The summed E-state index contributed by atoms with van der Waals surface area (Å²) in [4.78, 5) is 3.67. The molecule has 0 atom stereocenters. The first-order valence-corrected chi connectivity index (χ1v) is 4.94. The van der Waals surface area contributed by atoms with Crippen LogP contribution in [0.3, 0.4) is 0 Å². The van der Waals surface area contributed by atoms with Gasteiger partial charge in [0.1, 0.15) is 0 Å². The van der Waals surface area contributed by atoms with Gasteiger partial charge in [-0.1, -0.05) is 24.4 Å². The Balaban J connectivity index is 2.05. The van der Waals surface area contributed by atoms with Gasteiger partial charge in [-0.15, -0.1) is 0 Å². The van der Waals surface area contributed by atoms with Gasteiger partial charge in [0.25, 0.3) is 0 Å². The molecule has 1 aromatic heterocycles. The molecule has 2 rings (SSSR count). The van der Waals surface area contributed by atoms with Gasteiger partial charge < -0.3 is 0 Å². The molecule has 0 N–H and O–H groups in total. The lowest BCUT2D eigenvalue weighted by molar-refractivity contribution is 0.592. The van der Waals surface area contributed by atoms with Crippen molar-refractivity contribution in [3.05, 3.63) is 28.8 Å². The third-order valence-electron chi connectivity index (χ3n) is 2.45. The minimum absolute atomic E-state index is 0.00621. The van der Waals surface area contributed by atoms with Gasteiger partial charge in [-0.05, 0) is 30.4 Å². The number of hydrogen-bond donors (Lipinski definition) is 0. The highest BCUT2D eigenvalue weighted by molar-refractivity contribution is 6.29. The lowest BCUT2D eigenvalue weighted by Crippen LogP contribution is -1.94. The molecular weight excluding hydrogens is 189 g/mol. The highest BCUT2D eigenvalue weighted by atomic mass is 35.5. The van der Waals surface area contributed by atoms with E-state index in [9.17, 15) is 4.39 Å². The van der Waals surface area contributed by atoms with Crippen molar-refractivity contribution in [2.24, 2.45) is 5.92 Å². The second kappa shape index (κ2) is 3.62. The monoisotopic (exact) mass is 199 g/mol. The molecule has 1 aromatic rings. The largest absolute Gasteiger partial charge is 0.242 e. The van der Waals surface area contributed by atoms with Crippen LogP contribution in [0.25, 0.3) is 0 Å². The molecule has 1 aliphatic carbocycles. The van der Waals surface area contributed by atoms with Crippen LogP contribution in [0.15, 0.2) is 12.3 Å². The predicted molar refractivity (Wildman–Crippen MR) is 50.3 cm³/mol. The first-order chi connectivity index (χ1) is 6.27. The number of halogens is 2. The molecule has 70 valence electrons. The van der Waals surface area contributed by atoms with Gasteiger partial charge in [0.05, 0.1) is 0 Å². The van der Waals surface area contributed by atoms with Gasteiger partial charge in [0, 0.05) is 6.20 Å². The van der Waals surface area contributed by atoms with Crippen molar-refractivity contribution in [2.75, 3.05) is 0 Å². The summed E-state index contributed by atoms with van der Waals surface area (Å²) in [6, 6.07) is 1.71. The van der Waals surface area contributed by atoms with Crippen molar-refractivity contribution in [3.63, 3.8) is 0 Å². The number of aryl methyl sites for hydroxylation is 1. The summed E-state index contributed by atoms with van der Waals surface area (Å²) in [6.07, 6.45) is 6.05. The Morgan fingerprint density at radius 3 is 3.00 bits per heavy atom. The van der Waals surface area contributed by atoms with Crippen molar-refractivity contribution < 1.29 is 4.39 Å². The third kappa shape index (κ3) is 2.19. The Labute approximate surface area is 81.9 Å². The van der Waals surface area contributed by atoms with Crippen molar-refractivity contribution in [1.82, 2.24) is 4.98 Å². The fourth-order valence-corrected chi connectivity index (χ4v) is 1.59. The maximum absolute atomic E-state index is 13.3. The summed E-state index contributed by atoms with van der Waals surface area (Å²) in [5.74, 6) is 0.483. The van der Waals surface area contributed by atoms with Crippen molar-refractivity contribution in [1.29, 1.82) is 0 Å². The first-order valence-electron chi connectivity index (χ1n) is 4.56. The van der Waals surface area contributed by atoms with E-state index in [1.807, 2.05) is 0 Å². The molecule has 0 bridgehead atoms. The molecule has 0 aliphatic heterocycles. The fraction of sp³-hybridized carbons (Fsp3) is 0.500. The van der Waals surface area contributed by atoms with E-state index in [-0.39, 0.29) is 11.0 Å². The summed E-state index contributed by atoms with van der Waals surface area (Å²) in [5, 5.41) is -0.00621. The number of pyridine rings is 1. The van der Waals surface area contributed by atoms with Crippen molar-refractivity contribution >= 4 is 11.6 Å². The molecular formula is C10H11ClFN. The molecule has 0 saturated heterocycles. The zero-order valence-corrected chi connectivity index (χ0v) is 8.02. The fourth-order valence-electron chi connectivity index (χ4n) is 1.41. The highest BCUT2D eigenvalue weighted by Gasteiger charge is 2.21. The summed E-state index contributed by atoms with van der Waals surface area (Å²) in [7, 11) is 0. The standard InChI is InChI=1S/C10H11ClFN/c11-10-9(12)8(5-6-13-10)4-3-7-1-2-7/h5-7H,1-4H2. The predicted octanol–water partition coefficient (Wildman–Crippen LogP) is 3.22. The smallest absolute Gasteiger partial charge is 0.164 e. The third-order valence-corrected chi connectivity index (χ3v) is 2.71. The highest BCUT2D eigenvalue weighted by Crippen LogP contribution is 2.33. The van der Waals surface area contributed by atoms with Crippen LogP contribution < -0.4 is 0 Å². The minimum atomic E-state index is -0.343. The van der Waals surface area contributed by atoms with Crippen LogP contribution in [0, 0.1) is 11.7 Å². The Kier molecular flexibility index (Phi) is 2.49. The number of hydrogen-bond acceptors (Lipinski definition) is 1. The quantitative estimate of drug-likeness (QED) is 0.682. The molecule has 1 fully saturated rings. The van der Waals surface area contributed by atoms with E-state index < -0.39 is 0 Å². The number of rotatable bonds is 3. The van der Waals surface area contributed by atoms with Crippen molar-refractivity contribution in [2.45, 2.75) is 25.7 Å². The van der Waals surface area contributed by atoms with Crippen molar-refractivity contribution in [3.8, 4) is 0 Å². The van der Waals surface area contributed by atoms with Crippen LogP contribution in [0.5, 0.6) is 0 Å². The minimum Gasteiger partial charge on any atom is -0.242 e. The Morgan fingerprint density at radius 2 is 2.31 bits per heavy atom. The molecule has 1 nitrogen and oxygen atoms in total. The van der Waals surface area contributed by atoms with E-state index in [0.717, 1.165) is 18.8 Å². The van der Waals surface area contributed by atoms with E-state index in [1.165, 1.54) is 12.8 Å². The van der Waals surface area contributed by atoms with Crippen LogP contribution in [0.2, 0.25) is 5.15 Å². The van der Waals surface area contributed by atoms with E-state index in [1.54, 1.807) is 12.3 Å². The molecule has 0 unspecified atom stereocenters. The average Bonchev–Trinajstić information content (AvgIpc) is 2.91. The summed E-state index contributed by atoms with van der Waals surface area (Å²) in [5.41, 5.74) is 0.701. The zero-order chi connectivity index (χ0) is 9.26. The maximum Gasteiger partial charge on any atom is 0.164 e. The van der Waals surface area contributed by atoms with Gasteiger partial charge in [0.15, 0.2) is 11.0 Å². The zero-order valence-electron chi connectivity index (χ0n) is 7.26. The van der Waals surface area contributed by atoms with Crippen LogP contribution in [0.1, 0.15) is 24.8 Å². The summed E-state index contributed by atoms with van der Waals surface area (Å²) >= 11 is 5.56. The Morgan fingerprint density at radius 1 is 1.54 bits per heavy atom.